The van der Waals surface area contributed by atoms with Gasteiger partial charge in [-0.15, -0.1) is 0 Å². The number of rotatable bonds is 3. The van der Waals surface area contributed by atoms with Crippen molar-refractivity contribution in [3.05, 3.63) is 29.8 Å². The highest BCUT2D eigenvalue weighted by Crippen LogP contribution is 2.20. The first-order chi connectivity index (χ1) is 9.13. The van der Waals surface area contributed by atoms with E-state index < -0.39 is 12.1 Å². The van der Waals surface area contributed by atoms with Crippen molar-refractivity contribution in [2.75, 3.05) is 26.8 Å². The van der Waals surface area contributed by atoms with Crippen LogP contribution in [-0.2, 0) is 9.53 Å². The molecule has 6 heteroatoms. The number of methoxy groups -OCH3 is 1. The maximum Gasteiger partial charge on any atom is 0.334 e. The van der Waals surface area contributed by atoms with E-state index in [-0.39, 0.29) is 19.1 Å². The summed E-state index contributed by atoms with van der Waals surface area (Å²) in [6, 6.07) is 6.87. The Balaban J connectivity index is 2.17. The Morgan fingerprint density at radius 2 is 2.16 bits per heavy atom. The lowest BCUT2D eigenvalue weighted by atomic mass is 10.1. The second kappa shape index (κ2) is 5.71. The van der Waals surface area contributed by atoms with E-state index in [4.69, 9.17) is 14.6 Å². The van der Waals surface area contributed by atoms with Crippen molar-refractivity contribution in [1.82, 2.24) is 4.90 Å². The van der Waals surface area contributed by atoms with Gasteiger partial charge >= 0.3 is 5.97 Å². The number of carboxylic acids is 1. The molecule has 0 aliphatic carbocycles. The van der Waals surface area contributed by atoms with Crippen molar-refractivity contribution >= 4 is 11.9 Å². The van der Waals surface area contributed by atoms with Crippen molar-refractivity contribution in [1.29, 1.82) is 0 Å². The van der Waals surface area contributed by atoms with Gasteiger partial charge in [0, 0.05) is 6.54 Å². The highest BCUT2D eigenvalue weighted by atomic mass is 16.5. The number of hydrogen-bond donors (Lipinski definition) is 1. The Morgan fingerprint density at radius 1 is 1.42 bits per heavy atom. The van der Waals surface area contributed by atoms with Crippen LogP contribution in [0.2, 0.25) is 0 Å². The summed E-state index contributed by atoms with van der Waals surface area (Å²) in [5, 5.41) is 8.92. The van der Waals surface area contributed by atoms with Gasteiger partial charge in [-0.05, 0) is 12.1 Å². The van der Waals surface area contributed by atoms with Crippen molar-refractivity contribution in [2.24, 2.45) is 0 Å². The third-order valence-corrected chi connectivity index (χ3v) is 2.97. The van der Waals surface area contributed by atoms with Crippen LogP contribution >= 0.6 is 0 Å². The summed E-state index contributed by atoms with van der Waals surface area (Å²) >= 11 is 0. The van der Waals surface area contributed by atoms with E-state index in [2.05, 4.69) is 0 Å². The molecule has 2 rings (SSSR count). The minimum atomic E-state index is -1.06. The Bertz CT molecular complexity index is 488. The lowest BCUT2D eigenvalue weighted by molar-refractivity contribution is -0.154. The molecular weight excluding hydrogens is 250 g/mol. The van der Waals surface area contributed by atoms with Crippen LogP contribution in [0.1, 0.15) is 10.4 Å². The zero-order chi connectivity index (χ0) is 13.8. The number of para-hydroxylation sites is 1. The summed E-state index contributed by atoms with van der Waals surface area (Å²) in [4.78, 5) is 24.7. The Labute approximate surface area is 110 Å². The fourth-order valence-electron chi connectivity index (χ4n) is 1.97. The lowest BCUT2D eigenvalue weighted by Gasteiger charge is -2.31. The molecular formula is C13H15NO5. The molecule has 1 aliphatic rings. The lowest BCUT2D eigenvalue weighted by Crippen LogP contribution is -2.48. The van der Waals surface area contributed by atoms with Crippen molar-refractivity contribution in [2.45, 2.75) is 6.10 Å². The molecule has 1 N–H and O–H groups in total. The number of aliphatic carboxylic acids is 1. The van der Waals surface area contributed by atoms with Gasteiger partial charge in [-0.25, -0.2) is 4.79 Å². The minimum absolute atomic E-state index is 0.0478. The van der Waals surface area contributed by atoms with Crippen molar-refractivity contribution in [3.63, 3.8) is 0 Å². The average Bonchev–Trinajstić information content (AvgIpc) is 2.46. The molecule has 0 unspecified atom stereocenters. The van der Waals surface area contributed by atoms with Crippen LogP contribution in [0.15, 0.2) is 24.3 Å². The first kappa shape index (κ1) is 13.4. The number of nitrogens with zero attached hydrogens (tertiary/aromatic N) is 1. The van der Waals surface area contributed by atoms with Gasteiger partial charge in [-0.2, -0.15) is 0 Å². The van der Waals surface area contributed by atoms with Crippen LogP contribution in [0.25, 0.3) is 0 Å². The fourth-order valence-corrected chi connectivity index (χ4v) is 1.97. The number of carbonyl (C=O) groups excluding carboxylic acids is 1. The second-order valence-electron chi connectivity index (χ2n) is 4.15. The summed E-state index contributed by atoms with van der Waals surface area (Å²) < 4.78 is 10.2. The van der Waals surface area contributed by atoms with E-state index in [1.165, 1.54) is 12.0 Å². The molecule has 0 radical (unpaired) electrons. The summed E-state index contributed by atoms with van der Waals surface area (Å²) in [6.07, 6.45) is -0.965. The number of benzene rings is 1. The molecule has 0 spiro atoms. The molecule has 1 aromatic carbocycles. The maximum atomic E-state index is 12.3. The van der Waals surface area contributed by atoms with Gasteiger partial charge < -0.3 is 19.5 Å². The first-order valence-corrected chi connectivity index (χ1v) is 5.90. The Kier molecular flexibility index (Phi) is 4.01. The maximum absolute atomic E-state index is 12.3. The van der Waals surface area contributed by atoms with E-state index in [1.807, 2.05) is 0 Å². The van der Waals surface area contributed by atoms with E-state index in [0.717, 1.165) is 0 Å². The van der Waals surface area contributed by atoms with E-state index in [1.54, 1.807) is 24.3 Å². The predicted octanol–water partition coefficient (Wildman–Crippen LogP) is 0.621. The molecule has 6 nitrogen and oxygen atoms in total. The standard InChI is InChI=1S/C13H15NO5/c1-18-10-5-3-2-4-9(10)12(15)14-6-7-19-11(8-14)13(16)17/h2-5,11H,6-8H2,1H3,(H,16,17)/t11-/m0/s1. The Morgan fingerprint density at radius 3 is 2.84 bits per heavy atom. The molecule has 1 amide bonds. The van der Waals surface area contributed by atoms with Crippen LogP contribution < -0.4 is 4.74 Å². The molecule has 1 aromatic rings. The molecule has 102 valence electrons. The highest BCUT2D eigenvalue weighted by Gasteiger charge is 2.30. The topological polar surface area (TPSA) is 76.1 Å². The molecule has 1 aliphatic heterocycles. The van der Waals surface area contributed by atoms with Crippen LogP contribution in [0.3, 0.4) is 0 Å². The number of carboxylic acid groups (broad SMARTS) is 1. The molecule has 1 atom stereocenters. The number of amides is 1. The molecule has 19 heavy (non-hydrogen) atoms. The molecule has 0 bridgehead atoms. The second-order valence-corrected chi connectivity index (χ2v) is 4.15. The molecule has 1 saturated heterocycles. The van der Waals surface area contributed by atoms with Crippen molar-refractivity contribution in [3.8, 4) is 5.75 Å². The number of ether oxygens (including phenoxy) is 2. The van der Waals surface area contributed by atoms with Crippen LogP contribution in [0, 0.1) is 0 Å². The number of carbonyl (C=O) groups is 2. The van der Waals surface area contributed by atoms with Gasteiger partial charge in [0.05, 0.1) is 25.8 Å². The normalized spacial score (nSPS) is 19.0. The highest BCUT2D eigenvalue weighted by molar-refractivity contribution is 5.97. The van der Waals surface area contributed by atoms with Gasteiger partial charge in [-0.3, -0.25) is 4.79 Å². The molecule has 1 fully saturated rings. The predicted molar refractivity (Wildman–Crippen MR) is 66.3 cm³/mol. The SMILES string of the molecule is COc1ccccc1C(=O)N1CCO[C@H](C(=O)O)C1. The molecule has 0 saturated carbocycles. The van der Waals surface area contributed by atoms with Crippen LogP contribution in [-0.4, -0.2) is 54.8 Å². The quantitative estimate of drug-likeness (QED) is 0.867. The third kappa shape index (κ3) is 2.85. The monoisotopic (exact) mass is 265 g/mol. The molecule has 0 aromatic heterocycles. The Hall–Kier alpha value is -2.08. The van der Waals surface area contributed by atoms with Gasteiger partial charge in [-0.1, -0.05) is 12.1 Å². The number of morpholine rings is 1. The largest absolute Gasteiger partial charge is 0.496 e. The van der Waals surface area contributed by atoms with Gasteiger partial charge in [0.15, 0.2) is 6.10 Å². The summed E-state index contributed by atoms with van der Waals surface area (Å²) in [5.41, 5.74) is 0.427. The zero-order valence-electron chi connectivity index (χ0n) is 10.5. The van der Waals surface area contributed by atoms with Gasteiger partial charge in [0.2, 0.25) is 0 Å². The minimum Gasteiger partial charge on any atom is -0.496 e. The van der Waals surface area contributed by atoms with Gasteiger partial charge in [0.25, 0.3) is 5.91 Å². The summed E-state index contributed by atoms with van der Waals surface area (Å²) in [5.74, 6) is -0.824. The van der Waals surface area contributed by atoms with E-state index >= 15 is 0 Å². The first-order valence-electron chi connectivity index (χ1n) is 5.90. The molecule has 1 heterocycles. The van der Waals surface area contributed by atoms with Crippen LogP contribution in [0.5, 0.6) is 5.75 Å². The van der Waals surface area contributed by atoms with Gasteiger partial charge in [0.1, 0.15) is 5.75 Å². The van der Waals surface area contributed by atoms with Crippen molar-refractivity contribution < 1.29 is 24.2 Å². The summed E-state index contributed by atoms with van der Waals surface area (Å²) in [7, 11) is 1.49. The number of hydrogen-bond acceptors (Lipinski definition) is 4. The summed E-state index contributed by atoms with van der Waals surface area (Å²) in [6.45, 7) is 0.644. The van der Waals surface area contributed by atoms with E-state index in [9.17, 15) is 9.59 Å². The zero-order valence-corrected chi connectivity index (χ0v) is 10.5. The fraction of sp³-hybridized carbons (Fsp3) is 0.385. The smallest absolute Gasteiger partial charge is 0.334 e. The van der Waals surface area contributed by atoms with E-state index in [0.29, 0.717) is 17.9 Å². The average molecular weight is 265 g/mol. The van der Waals surface area contributed by atoms with Crippen LogP contribution in [0.4, 0.5) is 0 Å². The third-order valence-electron chi connectivity index (χ3n) is 2.97.